The Kier molecular flexibility index (Phi) is 9.33. The van der Waals surface area contributed by atoms with Crippen molar-refractivity contribution in [2.45, 2.75) is 0 Å². The van der Waals surface area contributed by atoms with E-state index in [0.717, 1.165) is 5.41 Å². The van der Waals surface area contributed by atoms with Crippen molar-refractivity contribution in [3.63, 3.8) is 0 Å². The van der Waals surface area contributed by atoms with E-state index in [0.29, 0.717) is 39.8 Å². The van der Waals surface area contributed by atoms with Crippen LogP contribution < -0.4 is 29.0 Å². The number of sulfonamides is 1. The SMILES string of the molecule is COc1cc(OC)c(C=CS(=O)(=O)Nc2ccc(OC)c(NC=CC(=O)c3ccc(F)cc3)c2)c(OC)c1. The van der Waals surface area contributed by atoms with E-state index in [1.165, 1.54) is 83.2 Å². The van der Waals surface area contributed by atoms with Gasteiger partial charge in [-0.25, -0.2) is 12.8 Å². The largest absolute Gasteiger partial charge is 0.496 e. The number of hydrogen-bond acceptors (Lipinski definition) is 8. The van der Waals surface area contributed by atoms with E-state index in [2.05, 4.69) is 10.0 Å². The molecule has 200 valence electrons. The molecule has 0 aliphatic rings. The monoisotopic (exact) mass is 542 g/mol. The van der Waals surface area contributed by atoms with Gasteiger partial charge in [-0.05, 0) is 48.5 Å². The van der Waals surface area contributed by atoms with E-state index in [9.17, 15) is 17.6 Å². The Morgan fingerprint density at radius 1 is 0.842 bits per heavy atom. The third-order valence-electron chi connectivity index (χ3n) is 5.23. The molecule has 3 aromatic carbocycles. The van der Waals surface area contributed by atoms with Gasteiger partial charge in [0.25, 0.3) is 10.0 Å². The van der Waals surface area contributed by atoms with Crippen LogP contribution in [0, 0.1) is 5.82 Å². The number of carbonyl (C=O) groups is 1. The molecule has 0 radical (unpaired) electrons. The van der Waals surface area contributed by atoms with Crippen molar-refractivity contribution in [3.8, 4) is 23.0 Å². The summed E-state index contributed by atoms with van der Waals surface area (Å²) in [5.41, 5.74) is 1.37. The van der Waals surface area contributed by atoms with Crippen LogP contribution in [0.5, 0.6) is 23.0 Å². The summed E-state index contributed by atoms with van der Waals surface area (Å²) in [7, 11) is 1.90. The average molecular weight is 543 g/mol. The summed E-state index contributed by atoms with van der Waals surface area (Å²) in [6, 6.07) is 13.0. The molecule has 9 nitrogen and oxygen atoms in total. The standard InChI is InChI=1S/C27H27FN2O7S/c1-34-21-16-26(36-3)22(27(17-21)37-4)12-14-38(32,33)30-20-9-10-25(35-2)23(15-20)29-13-11-24(31)18-5-7-19(28)8-6-18/h5-17,29-30H,1-4H3. The Morgan fingerprint density at radius 3 is 2.05 bits per heavy atom. The topological polar surface area (TPSA) is 112 Å². The fraction of sp³-hybridized carbons (Fsp3) is 0.148. The van der Waals surface area contributed by atoms with Gasteiger partial charge in [0.05, 0.1) is 50.8 Å². The van der Waals surface area contributed by atoms with Gasteiger partial charge in [-0.3, -0.25) is 9.52 Å². The van der Waals surface area contributed by atoms with Crippen LogP contribution in [0.1, 0.15) is 15.9 Å². The molecule has 38 heavy (non-hydrogen) atoms. The Hall–Kier alpha value is -4.51. The first-order chi connectivity index (χ1) is 18.2. The molecule has 3 rings (SSSR count). The first-order valence-corrected chi connectivity index (χ1v) is 12.7. The minimum absolute atomic E-state index is 0.241. The van der Waals surface area contributed by atoms with E-state index >= 15 is 0 Å². The number of rotatable bonds is 12. The molecule has 0 spiro atoms. The summed E-state index contributed by atoms with van der Waals surface area (Å²) >= 11 is 0. The molecule has 0 fully saturated rings. The minimum atomic E-state index is -3.95. The first-order valence-electron chi connectivity index (χ1n) is 11.1. The highest BCUT2D eigenvalue weighted by atomic mass is 32.2. The molecule has 0 bridgehead atoms. The molecule has 0 amide bonds. The van der Waals surface area contributed by atoms with Crippen molar-refractivity contribution < 1.29 is 36.6 Å². The summed E-state index contributed by atoms with van der Waals surface area (Å²) < 4.78 is 62.4. The van der Waals surface area contributed by atoms with Crippen LogP contribution in [-0.4, -0.2) is 42.6 Å². The number of anilines is 2. The molecule has 0 aliphatic carbocycles. The smallest absolute Gasteiger partial charge is 0.255 e. The molecule has 0 heterocycles. The summed E-state index contributed by atoms with van der Waals surface area (Å²) in [4.78, 5) is 12.3. The van der Waals surface area contributed by atoms with E-state index in [1.54, 1.807) is 18.2 Å². The quantitative estimate of drug-likeness (QED) is 0.241. The molecule has 2 N–H and O–H groups in total. The van der Waals surface area contributed by atoms with Crippen LogP contribution in [0.25, 0.3) is 6.08 Å². The van der Waals surface area contributed by atoms with Crippen LogP contribution in [0.4, 0.5) is 15.8 Å². The molecule has 0 aliphatic heterocycles. The van der Waals surface area contributed by atoms with Gasteiger partial charge >= 0.3 is 0 Å². The number of methoxy groups -OCH3 is 4. The van der Waals surface area contributed by atoms with Gasteiger partial charge in [-0.1, -0.05) is 0 Å². The lowest BCUT2D eigenvalue weighted by molar-refractivity contribution is 0.104. The first kappa shape index (κ1) is 28.1. The molecule has 11 heteroatoms. The maximum absolute atomic E-state index is 13.1. The van der Waals surface area contributed by atoms with Gasteiger partial charge in [0.1, 0.15) is 28.8 Å². The van der Waals surface area contributed by atoms with Crippen LogP contribution in [0.15, 0.2) is 72.3 Å². The van der Waals surface area contributed by atoms with E-state index in [4.69, 9.17) is 18.9 Å². The number of halogens is 1. The Balaban J connectivity index is 1.78. The molecule has 0 unspecified atom stereocenters. The normalized spacial score (nSPS) is 11.4. The Morgan fingerprint density at radius 2 is 1.47 bits per heavy atom. The van der Waals surface area contributed by atoms with Gasteiger partial charge < -0.3 is 24.3 Å². The fourth-order valence-corrected chi connectivity index (χ4v) is 4.19. The van der Waals surface area contributed by atoms with Crippen LogP contribution >= 0.6 is 0 Å². The van der Waals surface area contributed by atoms with Crippen LogP contribution in [0.2, 0.25) is 0 Å². The average Bonchev–Trinajstić information content (AvgIpc) is 2.91. The number of ketones is 1. The second kappa shape index (κ2) is 12.6. The summed E-state index contributed by atoms with van der Waals surface area (Å²) in [5, 5.41) is 3.89. The number of allylic oxidation sites excluding steroid dienone is 1. The summed E-state index contributed by atoms with van der Waals surface area (Å²) in [6.07, 6.45) is 4.00. The number of nitrogens with one attached hydrogen (secondary N) is 2. The highest BCUT2D eigenvalue weighted by Gasteiger charge is 2.14. The maximum atomic E-state index is 13.1. The maximum Gasteiger partial charge on any atom is 0.255 e. The lowest BCUT2D eigenvalue weighted by atomic mass is 10.1. The van der Waals surface area contributed by atoms with E-state index in [1.807, 2.05) is 0 Å². The molecule has 0 saturated carbocycles. The zero-order valence-electron chi connectivity index (χ0n) is 21.1. The number of benzene rings is 3. The highest BCUT2D eigenvalue weighted by Crippen LogP contribution is 2.35. The van der Waals surface area contributed by atoms with Crippen LogP contribution in [-0.2, 0) is 10.0 Å². The molecular weight excluding hydrogens is 515 g/mol. The second-order valence-corrected chi connectivity index (χ2v) is 9.23. The zero-order valence-corrected chi connectivity index (χ0v) is 22.0. The van der Waals surface area contributed by atoms with Crippen molar-refractivity contribution >= 4 is 33.3 Å². The summed E-state index contributed by atoms with van der Waals surface area (Å²) in [5.74, 6) is 0.849. The third-order valence-corrected chi connectivity index (χ3v) is 6.24. The minimum Gasteiger partial charge on any atom is -0.496 e. The fourth-order valence-electron chi connectivity index (χ4n) is 3.35. The lowest BCUT2D eigenvalue weighted by Gasteiger charge is -2.13. The molecular formula is C27H27FN2O7S. The number of carbonyl (C=O) groups excluding carboxylic acids is 1. The Bertz CT molecular complexity index is 1430. The predicted molar refractivity (Wildman–Crippen MR) is 144 cm³/mol. The highest BCUT2D eigenvalue weighted by molar-refractivity contribution is 7.95. The molecule has 0 aromatic heterocycles. The molecule has 3 aromatic rings. The predicted octanol–water partition coefficient (Wildman–Crippen LogP) is 5.08. The molecule has 0 saturated heterocycles. The van der Waals surface area contributed by atoms with Gasteiger partial charge in [-0.2, -0.15) is 0 Å². The molecule has 0 atom stereocenters. The number of ether oxygens (including phenoxy) is 4. The van der Waals surface area contributed by atoms with Crippen molar-refractivity contribution in [1.29, 1.82) is 0 Å². The van der Waals surface area contributed by atoms with Crippen molar-refractivity contribution in [2.75, 3.05) is 38.5 Å². The van der Waals surface area contributed by atoms with Gasteiger partial charge in [0, 0.05) is 30.0 Å². The zero-order chi connectivity index (χ0) is 27.7. The van der Waals surface area contributed by atoms with Crippen LogP contribution in [0.3, 0.4) is 0 Å². The van der Waals surface area contributed by atoms with E-state index < -0.39 is 15.8 Å². The summed E-state index contributed by atoms with van der Waals surface area (Å²) in [6.45, 7) is 0. The van der Waals surface area contributed by atoms with Crippen molar-refractivity contribution in [2.24, 2.45) is 0 Å². The Labute approximate surface area is 220 Å². The van der Waals surface area contributed by atoms with Gasteiger partial charge in [0.15, 0.2) is 5.78 Å². The van der Waals surface area contributed by atoms with Gasteiger partial charge in [0.2, 0.25) is 0 Å². The van der Waals surface area contributed by atoms with Crippen molar-refractivity contribution in [1.82, 2.24) is 0 Å². The third kappa shape index (κ3) is 7.26. The second-order valence-electron chi connectivity index (χ2n) is 7.66. The lowest BCUT2D eigenvalue weighted by Crippen LogP contribution is -2.09. The van der Waals surface area contributed by atoms with Crippen molar-refractivity contribution in [3.05, 3.63) is 89.2 Å². The van der Waals surface area contributed by atoms with Gasteiger partial charge in [-0.15, -0.1) is 0 Å². The number of hydrogen-bond donors (Lipinski definition) is 2. The van der Waals surface area contributed by atoms with E-state index in [-0.39, 0.29) is 11.5 Å².